The van der Waals surface area contributed by atoms with Crippen LogP contribution in [-0.2, 0) is 0 Å². The van der Waals surface area contributed by atoms with E-state index in [1.165, 1.54) is 32.2 Å². The second-order valence-corrected chi connectivity index (χ2v) is 6.04. The lowest BCUT2D eigenvalue weighted by Gasteiger charge is -2.10. The molecule has 1 aromatic carbocycles. The minimum atomic E-state index is 0.710. The van der Waals surface area contributed by atoms with E-state index in [1.807, 2.05) is 30.0 Å². The summed E-state index contributed by atoms with van der Waals surface area (Å²) in [4.78, 5) is 1.15. The minimum absolute atomic E-state index is 0.710. The van der Waals surface area contributed by atoms with E-state index >= 15 is 0 Å². The molecule has 0 bridgehead atoms. The van der Waals surface area contributed by atoms with Crippen molar-refractivity contribution < 1.29 is 0 Å². The molecule has 17 heavy (non-hydrogen) atoms. The number of nitrogen functional groups attached to an aromatic ring is 1. The first kappa shape index (κ1) is 13.1. The molecule has 0 amide bonds. The molecule has 2 nitrogen and oxygen atoms in total. The van der Waals surface area contributed by atoms with Gasteiger partial charge >= 0.3 is 0 Å². The summed E-state index contributed by atoms with van der Waals surface area (Å²) < 4.78 is 0. The number of thioether (sulfide) groups is 1. The fourth-order valence-electron chi connectivity index (χ4n) is 2.17. The van der Waals surface area contributed by atoms with Crippen molar-refractivity contribution in [3.05, 3.63) is 23.2 Å². The molecular formula is C13H19ClN2S. The Balaban J connectivity index is 1.70. The quantitative estimate of drug-likeness (QED) is 0.488. The van der Waals surface area contributed by atoms with Crippen LogP contribution in [0, 0.1) is 0 Å². The molecule has 1 aromatic rings. The standard InChI is InChI=1S/C13H19ClN2S/c14-10-5-6-13(12(15)9-10)17-8-2-4-11-3-1-7-16-11/h5-6,9,11,16H,1-4,7-8,15H2. The highest BCUT2D eigenvalue weighted by molar-refractivity contribution is 7.99. The van der Waals surface area contributed by atoms with Crippen LogP contribution in [0.1, 0.15) is 25.7 Å². The van der Waals surface area contributed by atoms with Gasteiger partial charge in [0.05, 0.1) is 0 Å². The number of nitrogens with two attached hydrogens (primary N) is 1. The van der Waals surface area contributed by atoms with Gasteiger partial charge in [-0.1, -0.05) is 11.6 Å². The Morgan fingerprint density at radius 1 is 1.47 bits per heavy atom. The molecular weight excluding hydrogens is 252 g/mol. The summed E-state index contributed by atoms with van der Waals surface area (Å²) >= 11 is 7.69. The zero-order valence-electron chi connectivity index (χ0n) is 9.92. The van der Waals surface area contributed by atoms with Gasteiger partial charge in [-0.3, -0.25) is 0 Å². The highest BCUT2D eigenvalue weighted by Crippen LogP contribution is 2.28. The Labute approximate surface area is 112 Å². The summed E-state index contributed by atoms with van der Waals surface area (Å²) in [7, 11) is 0. The van der Waals surface area contributed by atoms with Crippen LogP contribution in [0.4, 0.5) is 5.69 Å². The van der Waals surface area contributed by atoms with E-state index in [0.717, 1.165) is 22.4 Å². The summed E-state index contributed by atoms with van der Waals surface area (Å²) in [5.74, 6) is 1.13. The number of benzene rings is 1. The SMILES string of the molecule is Nc1cc(Cl)ccc1SCCCC1CCCN1. The lowest BCUT2D eigenvalue weighted by molar-refractivity contribution is 0.553. The average Bonchev–Trinajstić information content (AvgIpc) is 2.79. The molecule has 1 aliphatic rings. The monoisotopic (exact) mass is 270 g/mol. The molecule has 1 unspecified atom stereocenters. The highest BCUT2D eigenvalue weighted by atomic mass is 35.5. The van der Waals surface area contributed by atoms with Crippen LogP contribution in [0.25, 0.3) is 0 Å². The third-order valence-corrected chi connectivity index (χ3v) is 4.50. The van der Waals surface area contributed by atoms with E-state index in [9.17, 15) is 0 Å². The van der Waals surface area contributed by atoms with E-state index < -0.39 is 0 Å². The van der Waals surface area contributed by atoms with Gasteiger partial charge < -0.3 is 11.1 Å². The van der Waals surface area contributed by atoms with Crippen molar-refractivity contribution in [2.45, 2.75) is 36.6 Å². The molecule has 0 aromatic heterocycles. The lowest BCUT2D eigenvalue weighted by Crippen LogP contribution is -2.20. The highest BCUT2D eigenvalue weighted by Gasteiger charge is 2.12. The number of rotatable bonds is 5. The van der Waals surface area contributed by atoms with Crippen molar-refractivity contribution in [1.29, 1.82) is 0 Å². The summed E-state index contributed by atoms with van der Waals surface area (Å²) in [6.07, 6.45) is 5.20. The number of hydrogen-bond acceptors (Lipinski definition) is 3. The fraction of sp³-hybridized carbons (Fsp3) is 0.538. The van der Waals surface area contributed by atoms with Crippen molar-refractivity contribution in [3.63, 3.8) is 0 Å². The first-order valence-corrected chi connectivity index (χ1v) is 7.53. The Morgan fingerprint density at radius 3 is 3.06 bits per heavy atom. The number of hydrogen-bond donors (Lipinski definition) is 2. The maximum atomic E-state index is 5.91. The van der Waals surface area contributed by atoms with Crippen LogP contribution in [0.15, 0.2) is 23.1 Å². The zero-order valence-corrected chi connectivity index (χ0v) is 11.5. The Kier molecular flexibility index (Phi) is 5.01. The summed E-state index contributed by atoms with van der Waals surface area (Å²) in [5.41, 5.74) is 6.70. The molecule has 1 aliphatic heterocycles. The van der Waals surface area contributed by atoms with E-state index in [0.29, 0.717) is 5.02 Å². The van der Waals surface area contributed by atoms with E-state index in [-0.39, 0.29) is 0 Å². The fourth-order valence-corrected chi connectivity index (χ4v) is 3.27. The van der Waals surface area contributed by atoms with Gasteiger partial charge in [0.25, 0.3) is 0 Å². The van der Waals surface area contributed by atoms with Gasteiger partial charge in [0.1, 0.15) is 0 Å². The van der Waals surface area contributed by atoms with Crippen LogP contribution < -0.4 is 11.1 Å². The molecule has 0 radical (unpaired) electrons. The molecule has 3 N–H and O–H groups in total. The van der Waals surface area contributed by atoms with Crippen molar-refractivity contribution in [1.82, 2.24) is 5.32 Å². The van der Waals surface area contributed by atoms with Gasteiger partial charge in [-0.15, -0.1) is 11.8 Å². The summed E-state index contributed by atoms with van der Waals surface area (Å²) in [5, 5.41) is 4.23. The van der Waals surface area contributed by atoms with Gasteiger partial charge in [0.2, 0.25) is 0 Å². The van der Waals surface area contributed by atoms with Crippen LogP contribution in [0.2, 0.25) is 5.02 Å². The zero-order chi connectivity index (χ0) is 12.1. The van der Waals surface area contributed by atoms with Gasteiger partial charge in [-0.2, -0.15) is 0 Å². The van der Waals surface area contributed by atoms with Gasteiger partial charge in [-0.05, 0) is 56.2 Å². The van der Waals surface area contributed by atoms with Crippen LogP contribution in [0.5, 0.6) is 0 Å². The molecule has 0 spiro atoms. The normalized spacial score (nSPS) is 19.7. The molecule has 94 valence electrons. The number of anilines is 1. The number of nitrogens with one attached hydrogen (secondary N) is 1. The molecule has 1 fully saturated rings. The summed E-state index contributed by atoms with van der Waals surface area (Å²) in [6.45, 7) is 1.20. The minimum Gasteiger partial charge on any atom is -0.398 e. The first-order valence-electron chi connectivity index (χ1n) is 6.17. The van der Waals surface area contributed by atoms with E-state index in [2.05, 4.69) is 5.32 Å². The van der Waals surface area contributed by atoms with Gasteiger partial charge in [0, 0.05) is 21.6 Å². The van der Waals surface area contributed by atoms with Crippen LogP contribution in [0.3, 0.4) is 0 Å². The first-order chi connectivity index (χ1) is 8.25. The van der Waals surface area contributed by atoms with Crippen molar-refractivity contribution in [2.24, 2.45) is 0 Å². The largest absolute Gasteiger partial charge is 0.398 e. The van der Waals surface area contributed by atoms with E-state index in [4.69, 9.17) is 17.3 Å². The predicted molar refractivity (Wildman–Crippen MR) is 76.8 cm³/mol. The van der Waals surface area contributed by atoms with Crippen molar-refractivity contribution in [3.8, 4) is 0 Å². The maximum absolute atomic E-state index is 5.91. The average molecular weight is 271 g/mol. The molecule has 1 saturated heterocycles. The molecule has 0 saturated carbocycles. The van der Waals surface area contributed by atoms with Crippen LogP contribution in [-0.4, -0.2) is 18.3 Å². The lowest BCUT2D eigenvalue weighted by atomic mass is 10.1. The van der Waals surface area contributed by atoms with E-state index in [1.54, 1.807) is 0 Å². The third-order valence-electron chi connectivity index (χ3n) is 3.09. The smallest absolute Gasteiger partial charge is 0.0467 e. The third kappa shape index (κ3) is 4.09. The summed E-state index contributed by atoms with van der Waals surface area (Å²) in [6, 6.07) is 6.48. The van der Waals surface area contributed by atoms with Crippen LogP contribution >= 0.6 is 23.4 Å². The predicted octanol–water partition coefficient (Wildman–Crippen LogP) is 3.55. The van der Waals surface area contributed by atoms with Gasteiger partial charge in [0.15, 0.2) is 0 Å². The molecule has 2 rings (SSSR count). The second kappa shape index (κ2) is 6.53. The molecule has 1 heterocycles. The second-order valence-electron chi connectivity index (χ2n) is 4.47. The molecule has 0 aliphatic carbocycles. The van der Waals surface area contributed by atoms with Crippen molar-refractivity contribution >= 4 is 29.1 Å². The Hall–Kier alpha value is -0.380. The topological polar surface area (TPSA) is 38.0 Å². The van der Waals surface area contributed by atoms with Crippen molar-refractivity contribution in [2.75, 3.05) is 18.0 Å². The molecule has 4 heteroatoms. The van der Waals surface area contributed by atoms with Gasteiger partial charge in [-0.25, -0.2) is 0 Å². The molecule has 1 atom stereocenters. The maximum Gasteiger partial charge on any atom is 0.0467 e. The number of halogens is 1. The Morgan fingerprint density at radius 2 is 2.35 bits per heavy atom. The Bertz CT molecular complexity index is 364.